The molecule has 1 fully saturated rings. The highest BCUT2D eigenvalue weighted by molar-refractivity contribution is 8.00. The maximum absolute atomic E-state index is 13.3. The molecule has 0 spiro atoms. The van der Waals surface area contributed by atoms with Crippen LogP contribution in [0.4, 0.5) is 35.3 Å². The van der Waals surface area contributed by atoms with Gasteiger partial charge in [0.1, 0.15) is 17.2 Å². The zero-order valence-corrected chi connectivity index (χ0v) is 20.7. The topological polar surface area (TPSA) is 78.4 Å². The molecule has 0 atom stereocenters. The fourth-order valence-electron chi connectivity index (χ4n) is 3.84. The molecule has 36 heavy (non-hydrogen) atoms. The molecule has 0 bridgehead atoms. The van der Waals surface area contributed by atoms with Crippen LogP contribution in [0.15, 0.2) is 65.8 Å². The smallest absolute Gasteiger partial charge is 0.325 e. The van der Waals surface area contributed by atoms with Crippen LogP contribution in [-0.4, -0.2) is 37.9 Å². The molecule has 0 aliphatic carbocycles. The second kappa shape index (κ2) is 9.81. The van der Waals surface area contributed by atoms with Crippen LogP contribution in [0.5, 0.6) is 0 Å². The minimum atomic E-state index is -4.42. The molecule has 4 rings (SSSR count). The van der Waals surface area contributed by atoms with Gasteiger partial charge in [-0.25, -0.2) is 19.7 Å². The third kappa shape index (κ3) is 5.46. The van der Waals surface area contributed by atoms with E-state index in [1.54, 1.807) is 38.4 Å². The van der Waals surface area contributed by atoms with E-state index in [2.05, 4.69) is 15.3 Å². The predicted molar refractivity (Wildman–Crippen MR) is 132 cm³/mol. The first-order valence-electron chi connectivity index (χ1n) is 11.2. The Bertz CT molecular complexity index is 1280. The van der Waals surface area contributed by atoms with Crippen LogP contribution >= 0.6 is 11.8 Å². The molecule has 3 heterocycles. The van der Waals surface area contributed by atoms with Gasteiger partial charge in [0.2, 0.25) is 0 Å². The summed E-state index contributed by atoms with van der Waals surface area (Å²) in [6.45, 7) is 5.46. The molecule has 188 valence electrons. The van der Waals surface area contributed by atoms with E-state index in [1.807, 2.05) is 19.1 Å². The number of amides is 3. The Balaban J connectivity index is 1.53. The van der Waals surface area contributed by atoms with E-state index in [1.165, 1.54) is 29.2 Å². The van der Waals surface area contributed by atoms with Crippen molar-refractivity contribution in [2.24, 2.45) is 0 Å². The van der Waals surface area contributed by atoms with Crippen molar-refractivity contribution in [3.63, 3.8) is 0 Å². The lowest BCUT2D eigenvalue weighted by molar-refractivity contribution is -0.123. The number of aromatic nitrogens is 2. The molecule has 3 amide bonds. The van der Waals surface area contributed by atoms with Crippen molar-refractivity contribution in [2.45, 2.75) is 49.7 Å². The minimum absolute atomic E-state index is 0.0303. The summed E-state index contributed by atoms with van der Waals surface area (Å²) in [7, 11) is 0. The Morgan fingerprint density at radius 1 is 0.944 bits per heavy atom. The number of carbonyl (C=O) groups excluding carboxylic acids is 2. The number of carbonyl (C=O) groups is 2. The van der Waals surface area contributed by atoms with Crippen LogP contribution in [0, 0.1) is 0 Å². The number of nitrogens with zero attached hydrogens (tertiary/aromatic N) is 4. The molecule has 1 aliphatic heterocycles. The summed E-state index contributed by atoms with van der Waals surface area (Å²) in [4.78, 5) is 37.5. The number of imide groups is 1. The monoisotopic (exact) mass is 515 g/mol. The Labute approximate surface area is 210 Å². The maximum atomic E-state index is 13.3. The number of thioether (sulfide) groups is 1. The number of urea groups is 1. The van der Waals surface area contributed by atoms with E-state index >= 15 is 0 Å². The van der Waals surface area contributed by atoms with E-state index in [0.717, 1.165) is 22.4 Å². The van der Waals surface area contributed by atoms with Gasteiger partial charge in [-0.15, -0.1) is 0 Å². The van der Waals surface area contributed by atoms with Gasteiger partial charge in [0, 0.05) is 23.8 Å². The van der Waals surface area contributed by atoms with Crippen molar-refractivity contribution in [3.05, 3.63) is 72.1 Å². The van der Waals surface area contributed by atoms with Gasteiger partial charge < -0.3 is 10.2 Å². The number of alkyl halides is 3. The highest BCUT2D eigenvalue weighted by atomic mass is 32.2. The summed E-state index contributed by atoms with van der Waals surface area (Å²) in [5.74, 6) is 0.723. The number of aryl methyl sites for hydroxylation is 1. The number of hydrogen-bond acceptors (Lipinski definition) is 6. The average Bonchev–Trinajstić information content (AvgIpc) is 2.98. The lowest BCUT2D eigenvalue weighted by atomic mass is 10.0. The number of hydrogen-bond donors (Lipinski definition) is 1. The summed E-state index contributed by atoms with van der Waals surface area (Å²) in [6, 6.07) is 12.0. The van der Waals surface area contributed by atoms with Gasteiger partial charge in [0.25, 0.3) is 5.91 Å². The van der Waals surface area contributed by atoms with Crippen molar-refractivity contribution in [3.8, 4) is 0 Å². The molecule has 7 nitrogen and oxygen atoms in total. The molecule has 1 saturated heterocycles. The lowest BCUT2D eigenvalue weighted by Gasteiger charge is -2.27. The van der Waals surface area contributed by atoms with Crippen LogP contribution in [0.3, 0.4) is 0 Å². The van der Waals surface area contributed by atoms with Crippen molar-refractivity contribution in [1.29, 1.82) is 0 Å². The van der Waals surface area contributed by atoms with Crippen molar-refractivity contribution in [2.75, 3.05) is 10.2 Å². The quantitative estimate of drug-likeness (QED) is 0.301. The Kier molecular flexibility index (Phi) is 6.94. The molecule has 11 heteroatoms. The fraction of sp³-hybridized carbons (Fsp3) is 0.280. The highest BCUT2D eigenvalue weighted by Gasteiger charge is 2.51. The van der Waals surface area contributed by atoms with Crippen molar-refractivity contribution < 1.29 is 22.8 Å². The van der Waals surface area contributed by atoms with E-state index in [9.17, 15) is 22.8 Å². The number of halogens is 3. The molecule has 1 N–H and O–H groups in total. The summed E-state index contributed by atoms with van der Waals surface area (Å²) in [6.07, 6.45) is 4.18. The van der Waals surface area contributed by atoms with Crippen LogP contribution < -0.4 is 10.2 Å². The molecule has 0 saturated carbocycles. The molecule has 3 aromatic rings. The number of pyridine rings is 2. The van der Waals surface area contributed by atoms with Gasteiger partial charge in [0.15, 0.2) is 0 Å². The number of nitrogens with one attached hydrogen (secondary N) is 1. The van der Waals surface area contributed by atoms with Gasteiger partial charge in [-0.05, 0) is 91.7 Å². The lowest BCUT2D eigenvalue weighted by Crippen LogP contribution is -2.43. The van der Waals surface area contributed by atoms with Crippen LogP contribution in [0.2, 0.25) is 0 Å². The predicted octanol–water partition coefficient (Wildman–Crippen LogP) is 6.14. The molecular formula is C25H24F3N5O2S. The third-order valence-corrected chi connectivity index (χ3v) is 6.55. The zero-order valence-electron chi connectivity index (χ0n) is 19.8. The SMILES string of the molecule is CCc1ccnc(Nc2cc(CN3C(=O)N(c4ccc(SC(F)(F)F)cc4)C(=O)C3(C)C)ccn2)c1. The summed E-state index contributed by atoms with van der Waals surface area (Å²) < 4.78 is 37.9. The third-order valence-electron chi connectivity index (χ3n) is 5.81. The van der Waals surface area contributed by atoms with Gasteiger partial charge in [-0.1, -0.05) is 6.92 Å². The summed E-state index contributed by atoms with van der Waals surface area (Å²) in [5.41, 5.74) is -3.51. The van der Waals surface area contributed by atoms with E-state index in [-0.39, 0.29) is 28.9 Å². The number of rotatable bonds is 7. The fourth-order valence-corrected chi connectivity index (χ4v) is 4.38. The molecule has 0 radical (unpaired) electrons. The second-order valence-electron chi connectivity index (χ2n) is 8.69. The maximum Gasteiger partial charge on any atom is 0.446 e. The van der Waals surface area contributed by atoms with Crippen LogP contribution in [-0.2, 0) is 17.8 Å². The van der Waals surface area contributed by atoms with Crippen molar-refractivity contribution >= 4 is 41.0 Å². The average molecular weight is 516 g/mol. The van der Waals surface area contributed by atoms with Gasteiger partial charge in [-0.2, -0.15) is 13.2 Å². The Morgan fingerprint density at radius 3 is 2.11 bits per heavy atom. The first kappa shape index (κ1) is 25.5. The van der Waals surface area contributed by atoms with Crippen molar-refractivity contribution in [1.82, 2.24) is 14.9 Å². The molecule has 1 aromatic carbocycles. The molecule has 1 aliphatic rings. The second-order valence-corrected chi connectivity index (χ2v) is 9.83. The van der Waals surface area contributed by atoms with E-state index < -0.39 is 23.0 Å². The number of anilines is 3. The van der Waals surface area contributed by atoms with E-state index in [0.29, 0.717) is 11.6 Å². The highest BCUT2D eigenvalue weighted by Crippen LogP contribution is 2.39. The molecule has 2 aromatic heterocycles. The first-order chi connectivity index (χ1) is 17.0. The van der Waals surface area contributed by atoms with Crippen LogP contribution in [0.1, 0.15) is 31.9 Å². The zero-order chi connectivity index (χ0) is 26.1. The molecule has 0 unspecified atom stereocenters. The van der Waals surface area contributed by atoms with E-state index in [4.69, 9.17) is 0 Å². The van der Waals surface area contributed by atoms with Crippen LogP contribution in [0.25, 0.3) is 0 Å². The standard InChI is InChI=1S/C25H24F3N5O2S/c1-4-16-9-11-29-20(13-16)31-21-14-17(10-12-30-21)15-32-23(35)33(22(34)24(32,2)3)18-5-7-19(8-6-18)36-25(26,27)28/h5-14H,4,15H2,1-3H3,(H,29,30,31). The molecular weight excluding hydrogens is 491 g/mol. The minimum Gasteiger partial charge on any atom is -0.325 e. The van der Waals surface area contributed by atoms with Gasteiger partial charge in [0.05, 0.1) is 5.69 Å². The summed E-state index contributed by atoms with van der Waals surface area (Å²) in [5, 5.41) is 3.16. The first-order valence-corrected chi connectivity index (χ1v) is 12.0. The number of benzene rings is 1. The Hall–Kier alpha value is -3.60. The largest absolute Gasteiger partial charge is 0.446 e. The summed E-state index contributed by atoms with van der Waals surface area (Å²) >= 11 is -0.256. The van der Waals surface area contributed by atoms with Gasteiger partial charge >= 0.3 is 11.5 Å². The van der Waals surface area contributed by atoms with Gasteiger partial charge in [-0.3, -0.25) is 4.79 Å². The normalized spacial score (nSPS) is 15.5. The Morgan fingerprint density at radius 2 is 1.53 bits per heavy atom.